The van der Waals surface area contributed by atoms with Crippen LogP contribution in [0.5, 0.6) is 5.75 Å². The molecular weight excluding hydrogens is 390 g/mol. The predicted molar refractivity (Wildman–Crippen MR) is 121 cm³/mol. The van der Waals surface area contributed by atoms with E-state index < -0.39 is 0 Å². The Balaban J connectivity index is 1.52. The Morgan fingerprint density at radius 3 is 2.35 bits per heavy atom. The molecule has 1 saturated heterocycles. The fraction of sp³-hybridized carbons (Fsp3) is 0.520. The van der Waals surface area contributed by atoms with Crippen molar-refractivity contribution in [2.45, 2.75) is 58.7 Å². The average molecular weight is 424 g/mol. The number of ketones is 1. The number of fused-ring (bicyclic) bond motifs is 2. The number of likely N-dealkylation sites (tertiary alicyclic amines) is 1. The van der Waals surface area contributed by atoms with Crippen LogP contribution >= 0.6 is 0 Å². The fourth-order valence-corrected chi connectivity index (χ4v) is 5.15. The molecule has 0 unspecified atom stereocenters. The third-order valence-electron chi connectivity index (χ3n) is 6.87. The zero-order valence-electron chi connectivity index (χ0n) is 19.3. The number of nitrogens with zero attached hydrogens (tertiary/aromatic N) is 3. The number of likely N-dealkylation sites (N-methyl/N-ethyl adjacent to an activating group) is 1. The maximum Gasteiger partial charge on any atom is 0.253 e. The van der Waals surface area contributed by atoms with E-state index in [1.54, 1.807) is 6.92 Å². The molecule has 0 bridgehead atoms. The lowest BCUT2D eigenvalue weighted by Gasteiger charge is -2.50. The van der Waals surface area contributed by atoms with Crippen LogP contribution < -0.4 is 4.74 Å². The number of ether oxygens (including phenoxy) is 1. The van der Waals surface area contributed by atoms with Crippen molar-refractivity contribution < 1.29 is 14.3 Å². The molecule has 0 aliphatic carbocycles. The molecule has 2 aliphatic rings. The molecular formula is C25H33N3O3. The summed E-state index contributed by atoms with van der Waals surface area (Å²) in [5, 5.41) is 0. The molecule has 6 nitrogen and oxygen atoms in total. The summed E-state index contributed by atoms with van der Waals surface area (Å²) in [6, 6.07) is 9.77. The van der Waals surface area contributed by atoms with Crippen molar-refractivity contribution >= 4 is 11.7 Å². The van der Waals surface area contributed by atoms with Crippen molar-refractivity contribution in [1.82, 2.24) is 14.4 Å². The molecule has 2 aromatic rings. The van der Waals surface area contributed by atoms with Gasteiger partial charge in [0.05, 0.1) is 17.3 Å². The van der Waals surface area contributed by atoms with Crippen molar-refractivity contribution in [2.75, 3.05) is 26.7 Å². The van der Waals surface area contributed by atoms with Gasteiger partial charge in [-0.25, -0.2) is 0 Å². The molecule has 0 saturated carbocycles. The highest BCUT2D eigenvalue weighted by molar-refractivity contribution is 5.95. The molecule has 1 amide bonds. The van der Waals surface area contributed by atoms with Crippen LogP contribution in [0.1, 0.15) is 65.7 Å². The third-order valence-corrected chi connectivity index (χ3v) is 6.87. The van der Waals surface area contributed by atoms with Crippen molar-refractivity contribution in [1.29, 1.82) is 0 Å². The average Bonchev–Trinajstić information content (AvgIpc) is 3.18. The highest BCUT2D eigenvalue weighted by Gasteiger charge is 2.45. The minimum atomic E-state index is -0.117. The number of aromatic nitrogens is 1. The number of piperidine rings is 1. The third kappa shape index (κ3) is 3.78. The lowest BCUT2D eigenvalue weighted by Crippen LogP contribution is -2.56. The van der Waals surface area contributed by atoms with Crippen LogP contribution in [0.3, 0.4) is 0 Å². The number of hydrogen-bond donors (Lipinski definition) is 0. The van der Waals surface area contributed by atoms with Gasteiger partial charge in [0, 0.05) is 44.4 Å². The van der Waals surface area contributed by atoms with E-state index in [2.05, 4.69) is 22.6 Å². The van der Waals surface area contributed by atoms with Gasteiger partial charge in [-0.05, 0) is 76.6 Å². The Hall–Kier alpha value is -2.60. The first-order valence-electron chi connectivity index (χ1n) is 11.2. The number of carbonyl (C=O) groups is 2. The number of carbonyl (C=O) groups excluding carboxylic acids is 2. The summed E-state index contributed by atoms with van der Waals surface area (Å²) in [4.78, 5) is 29.6. The minimum Gasteiger partial charge on any atom is -0.491 e. The highest BCUT2D eigenvalue weighted by Crippen LogP contribution is 2.41. The summed E-state index contributed by atoms with van der Waals surface area (Å²) in [6.45, 7) is 10.8. The molecule has 1 spiro atoms. The van der Waals surface area contributed by atoms with Gasteiger partial charge < -0.3 is 14.2 Å². The number of benzene rings is 1. The van der Waals surface area contributed by atoms with Crippen LogP contribution in [-0.4, -0.2) is 58.8 Å². The smallest absolute Gasteiger partial charge is 0.253 e. The molecule has 0 radical (unpaired) electrons. The second kappa shape index (κ2) is 8.15. The summed E-state index contributed by atoms with van der Waals surface area (Å²) in [6.07, 6.45) is 1.84. The molecule has 3 heterocycles. The van der Waals surface area contributed by atoms with E-state index in [1.807, 2.05) is 49.9 Å². The van der Waals surface area contributed by atoms with Gasteiger partial charge in [-0.3, -0.25) is 14.5 Å². The molecule has 6 heteroatoms. The van der Waals surface area contributed by atoms with Gasteiger partial charge in [0.1, 0.15) is 5.75 Å². The molecule has 4 rings (SSSR count). The first-order chi connectivity index (χ1) is 14.7. The lowest BCUT2D eigenvalue weighted by atomic mass is 9.81. The van der Waals surface area contributed by atoms with Crippen LogP contribution in [0.4, 0.5) is 0 Å². The van der Waals surface area contributed by atoms with Crippen LogP contribution in [0.2, 0.25) is 0 Å². The standard InChI is InChI=1S/C25H33N3O3/c1-17(2)31-22-8-6-20(16-18(22)3)24(30)27-12-10-25(11-13-27)23-9-7-21(19(4)29)28(23)15-14-26(25)5/h6-9,16-17H,10-15H2,1-5H3. The molecule has 1 fully saturated rings. The first-order valence-corrected chi connectivity index (χ1v) is 11.2. The number of amides is 1. The van der Waals surface area contributed by atoms with E-state index in [-0.39, 0.29) is 23.3 Å². The van der Waals surface area contributed by atoms with Crippen LogP contribution in [0.25, 0.3) is 0 Å². The Morgan fingerprint density at radius 2 is 1.74 bits per heavy atom. The minimum absolute atomic E-state index is 0.0762. The lowest BCUT2D eigenvalue weighted by molar-refractivity contribution is 0.0128. The summed E-state index contributed by atoms with van der Waals surface area (Å²) in [5.74, 6) is 1.01. The fourth-order valence-electron chi connectivity index (χ4n) is 5.15. The van der Waals surface area contributed by atoms with Crippen molar-refractivity contribution in [3.8, 4) is 5.75 Å². The number of Topliss-reactive ketones (excluding diaryl/α,β-unsaturated/α-hetero) is 1. The number of aryl methyl sites for hydroxylation is 1. The first kappa shape index (κ1) is 21.6. The Labute approximate surface area is 184 Å². The second-order valence-electron chi connectivity index (χ2n) is 9.20. The van der Waals surface area contributed by atoms with E-state index in [0.717, 1.165) is 42.9 Å². The van der Waals surface area contributed by atoms with E-state index in [1.165, 1.54) is 5.69 Å². The SMILES string of the molecule is CC(=O)c1ccc2n1CCN(C)C21CCN(C(=O)c2ccc(OC(C)C)c(C)c2)CC1. The Bertz CT molecular complexity index is 999. The largest absolute Gasteiger partial charge is 0.491 e. The van der Waals surface area contributed by atoms with E-state index in [4.69, 9.17) is 4.74 Å². The molecule has 0 N–H and O–H groups in total. The molecule has 31 heavy (non-hydrogen) atoms. The van der Waals surface area contributed by atoms with Crippen LogP contribution in [0.15, 0.2) is 30.3 Å². The topological polar surface area (TPSA) is 54.8 Å². The highest BCUT2D eigenvalue weighted by atomic mass is 16.5. The normalized spacial score (nSPS) is 18.3. The second-order valence-corrected chi connectivity index (χ2v) is 9.20. The van der Waals surface area contributed by atoms with Gasteiger partial charge in [-0.2, -0.15) is 0 Å². The van der Waals surface area contributed by atoms with Crippen molar-refractivity contribution in [3.63, 3.8) is 0 Å². The predicted octanol–water partition coefficient (Wildman–Crippen LogP) is 3.86. The van der Waals surface area contributed by atoms with Crippen molar-refractivity contribution in [3.05, 3.63) is 52.8 Å². The van der Waals surface area contributed by atoms with Crippen LogP contribution in [0, 0.1) is 6.92 Å². The Morgan fingerprint density at radius 1 is 1.03 bits per heavy atom. The van der Waals surface area contributed by atoms with E-state index >= 15 is 0 Å². The van der Waals surface area contributed by atoms with Crippen molar-refractivity contribution in [2.24, 2.45) is 0 Å². The summed E-state index contributed by atoms with van der Waals surface area (Å²) >= 11 is 0. The van der Waals surface area contributed by atoms with Crippen LogP contribution in [-0.2, 0) is 12.1 Å². The Kier molecular flexibility index (Phi) is 5.69. The number of rotatable bonds is 4. The van der Waals surface area contributed by atoms with Gasteiger partial charge in [-0.15, -0.1) is 0 Å². The molecule has 0 atom stereocenters. The zero-order chi connectivity index (χ0) is 22.3. The quantitative estimate of drug-likeness (QED) is 0.701. The molecule has 1 aromatic heterocycles. The summed E-state index contributed by atoms with van der Waals surface area (Å²) in [5.41, 5.74) is 3.58. The van der Waals surface area contributed by atoms with Gasteiger partial charge in [0.15, 0.2) is 5.78 Å². The summed E-state index contributed by atoms with van der Waals surface area (Å²) < 4.78 is 8.00. The van der Waals surface area contributed by atoms with Gasteiger partial charge in [0.25, 0.3) is 5.91 Å². The maximum atomic E-state index is 13.2. The maximum absolute atomic E-state index is 13.2. The monoisotopic (exact) mass is 423 g/mol. The van der Waals surface area contributed by atoms with E-state index in [0.29, 0.717) is 18.7 Å². The van der Waals surface area contributed by atoms with E-state index in [9.17, 15) is 9.59 Å². The van der Waals surface area contributed by atoms with Gasteiger partial charge >= 0.3 is 0 Å². The number of hydrogen-bond acceptors (Lipinski definition) is 4. The van der Waals surface area contributed by atoms with Gasteiger partial charge in [-0.1, -0.05) is 0 Å². The molecule has 1 aromatic carbocycles. The zero-order valence-corrected chi connectivity index (χ0v) is 19.3. The summed E-state index contributed by atoms with van der Waals surface area (Å²) in [7, 11) is 2.16. The van der Waals surface area contributed by atoms with Gasteiger partial charge in [0.2, 0.25) is 0 Å². The molecule has 2 aliphatic heterocycles. The molecule has 166 valence electrons.